The standard InChI is InChI=1S/C17H26N6O2S2/c1-12(2)10-23-14(11-22-5-7-25-8-6-22)20-21-17(23)27-13(3)15(24)19-16-18-4-9-26-16/h4,9,12-13H,5-8,10-11H2,1-3H3,(H,18,19,24)/t13-/m0/s1. The van der Waals surface area contributed by atoms with Crippen molar-refractivity contribution < 1.29 is 9.53 Å². The summed E-state index contributed by atoms with van der Waals surface area (Å²) in [4.78, 5) is 18.9. The molecule has 2 aromatic rings. The lowest BCUT2D eigenvalue weighted by Gasteiger charge is -2.26. The van der Waals surface area contributed by atoms with Crippen molar-refractivity contribution in [1.29, 1.82) is 0 Å². The molecule has 0 aromatic carbocycles. The van der Waals surface area contributed by atoms with Crippen LogP contribution in [0.1, 0.15) is 26.6 Å². The summed E-state index contributed by atoms with van der Waals surface area (Å²) in [5.74, 6) is 1.33. The maximum Gasteiger partial charge on any atom is 0.239 e. The number of carbonyl (C=O) groups excluding carboxylic acids is 1. The number of hydrogen-bond acceptors (Lipinski definition) is 8. The van der Waals surface area contributed by atoms with Crippen molar-refractivity contribution in [2.24, 2.45) is 5.92 Å². The summed E-state index contributed by atoms with van der Waals surface area (Å²) >= 11 is 2.84. The van der Waals surface area contributed by atoms with Crippen LogP contribution in [0.15, 0.2) is 16.7 Å². The van der Waals surface area contributed by atoms with Gasteiger partial charge in [-0.05, 0) is 12.8 Å². The van der Waals surface area contributed by atoms with Gasteiger partial charge in [0.05, 0.1) is 25.0 Å². The van der Waals surface area contributed by atoms with Crippen LogP contribution in [0.4, 0.5) is 5.13 Å². The molecule has 27 heavy (non-hydrogen) atoms. The Morgan fingerprint density at radius 3 is 2.78 bits per heavy atom. The van der Waals surface area contributed by atoms with Crippen LogP contribution in [-0.4, -0.2) is 62.1 Å². The van der Waals surface area contributed by atoms with Crippen LogP contribution in [0.25, 0.3) is 0 Å². The Bertz CT molecular complexity index is 728. The van der Waals surface area contributed by atoms with Crippen LogP contribution in [-0.2, 0) is 22.6 Å². The Morgan fingerprint density at radius 1 is 1.33 bits per heavy atom. The summed E-state index contributed by atoms with van der Waals surface area (Å²) in [7, 11) is 0. The van der Waals surface area contributed by atoms with Crippen molar-refractivity contribution in [1.82, 2.24) is 24.6 Å². The van der Waals surface area contributed by atoms with Gasteiger partial charge < -0.3 is 14.6 Å². The summed E-state index contributed by atoms with van der Waals surface area (Å²) in [5.41, 5.74) is 0. The highest BCUT2D eigenvalue weighted by Gasteiger charge is 2.22. The smallest absolute Gasteiger partial charge is 0.239 e. The summed E-state index contributed by atoms with van der Waals surface area (Å²) in [6.07, 6.45) is 1.68. The van der Waals surface area contributed by atoms with E-state index in [1.807, 2.05) is 12.3 Å². The average Bonchev–Trinajstić information content (AvgIpc) is 3.27. The van der Waals surface area contributed by atoms with Gasteiger partial charge in [-0.3, -0.25) is 9.69 Å². The fourth-order valence-electron chi connectivity index (χ4n) is 2.73. The van der Waals surface area contributed by atoms with Crippen LogP contribution in [0.5, 0.6) is 0 Å². The van der Waals surface area contributed by atoms with Crippen LogP contribution < -0.4 is 5.32 Å². The van der Waals surface area contributed by atoms with Crippen molar-refractivity contribution in [2.45, 2.75) is 44.3 Å². The highest BCUT2D eigenvalue weighted by molar-refractivity contribution is 8.00. The predicted octanol–water partition coefficient (Wildman–Crippen LogP) is 2.34. The molecule has 1 amide bonds. The minimum absolute atomic E-state index is 0.0798. The van der Waals surface area contributed by atoms with Crippen molar-refractivity contribution in [3.05, 3.63) is 17.4 Å². The molecular formula is C17H26N6O2S2. The predicted molar refractivity (Wildman–Crippen MR) is 107 cm³/mol. The third-order valence-corrected chi connectivity index (χ3v) is 5.89. The Labute approximate surface area is 167 Å². The molecule has 0 aliphatic carbocycles. The Morgan fingerprint density at radius 2 is 2.11 bits per heavy atom. The number of nitrogens with zero attached hydrogens (tertiary/aromatic N) is 5. The topological polar surface area (TPSA) is 85.2 Å². The Balaban J connectivity index is 1.68. The lowest BCUT2D eigenvalue weighted by Crippen LogP contribution is -2.36. The van der Waals surface area contributed by atoms with Crippen molar-refractivity contribution in [3.63, 3.8) is 0 Å². The third-order valence-electron chi connectivity index (χ3n) is 4.12. The first-order valence-corrected chi connectivity index (χ1v) is 10.9. The first kappa shape index (κ1) is 20.2. The average molecular weight is 411 g/mol. The van der Waals surface area contributed by atoms with E-state index in [1.54, 1.807) is 6.20 Å². The largest absolute Gasteiger partial charge is 0.379 e. The Hall–Kier alpha value is -1.49. The third kappa shape index (κ3) is 5.74. The molecule has 0 radical (unpaired) electrons. The minimum Gasteiger partial charge on any atom is -0.379 e. The summed E-state index contributed by atoms with van der Waals surface area (Å²) in [6, 6.07) is 0. The van der Waals surface area contributed by atoms with E-state index in [0.717, 1.165) is 50.4 Å². The molecule has 1 N–H and O–H groups in total. The molecule has 1 fully saturated rings. The van der Waals surface area contributed by atoms with Crippen LogP contribution >= 0.6 is 23.1 Å². The normalized spacial score (nSPS) is 16.6. The molecule has 2 aromatic heterocycles. The van der Waals surface area contributed by atoms with E-state index in [9.17, 15) is 4.79 Å². The van der Waals surface area contributed by atoms with E-state index in [-0.39, 0.29) is 11.2 Å². The molecule has 148 valence electrons. The number of carbonyl (C=O) groups is 1. The molecule has 1 aliphatic rings. The lowest BCUT2D eigenvalue weighted by atomic mass is 10.2. The molecule has 0 bridgehead atoms. The van der Waals surface area contributed by atoms with Gasteiger partial charge in [-0.25, -0.2) is 4.98 Å². The van der Waals surface area contributed by atoms with Gasteiger partial charge in [-0.2, -0.15) is 0 Å². The van der Waals surface area contributed by atoms with E-state index >= 15 is 0 Å². The van der Waals surface area contributed by atoms with Crippen LogP contribution in [0.3, 0.4) is 0 Å². The van der Waals surface area contributed by atoms with E-state index in [2.05, 4.69) is 43.8 Å². The van der Waals surface area contributed by atoms with Gasteiger partial charge in [0.25, 0.3) is 0 Å². The quantitative estimate of drug-likeness (QED) is 0.669. The maximum atomic E-state index is 12.4. The van der Waals surface area contributed by atoms with E-state index < -0.39 is 0 Å². The number of amides is 1. The second-order valence-corrected chi connectivity index (χ2v) is 9.08. The fourth-order valence-corrected chi connectivity index (χ4v) is 4.14. The first-order chi connectivity index (χ1) is 13.0. The van der Waals surface area contributed by atoms with E-state index in [1.165, 1.54) is 23.1 Å². The van der Waals surface area contributed by atoms with Gasteiger partial charge >= 0.3 is 0 Å². The summed E-state index contributed by atoms with van der Waals surface area (Å²) in [5, 5.41) is 14.6. The second kappa shape index (κ2) is 9.63. The van der Waals surface area contributed by atoms with Crippen molar-refractivity contribution >= 4 is 34.1 Å². The number of aromatic nitrogens is 4. The molecule has 0 unspecified atom stereocenters. The molecular weight excluding hydrogens is 384 g/mol. The zero-order valence-corrected chi connectivity index (χ0v) is 17.6. The SMILES string of the molecule is CC(C)Cn1c(CN2CCOCC2)nnc1S[C@@H](C)C(=O)Nc1nccs1. The molecule has 8 nitrogen and oxygen atoms in total. The monoisotopic (exact) mass is 410 g/mol. The summed E-state index contributed by atoms with van der Waals surface area (Å²) < 4.78 is 7.57. The Kier molecular flexibility index (Phi) is 7.22. The molecule has 10 heteroatoms. The molecule has 0 spiro atoms. The molecule has 3 rings (SSSR count). The second-order valence-electron chi connectivity index (χ2n) is 6.88. The number of rotatable bonds is 8. The van der Waals surface area contributed by atoms with E-state index in [4.69, 9.17) is 4.74 Å². The van der Waals surface area contributed by atoms with Crippen molar-refractivity contribution in [3.8, 4) is 0 Å². The number of anilines is 1. The number of thiazole rings is 1. The van der Waals surface area contributed by atoms with Crippen LogP contribution in [0.2, 0.25) is 0 Å². The number of nitrogens with one attached hydrogen (secondary N) is 1. The molecule has 1 aliphatic heterocycles. The first-order valence-electron chi connectivity index (χ1n) is 9.12. The highest BCUT2D eigenvalue weighted by Crippen LogP contribution is 2.25. The van der Waals surface area contributed by atoms with E-state index in [0.29, 0.717) is 11.0 Å². The van der Waals surface area contributed by atoms with Gasteiger partial charge in [0.1, 0.15) is 5.82 Å². The molecule has 1 atom stereocenters. The van der Waals surface area contributed by atoms with Gasteiger partial charge in [0.2, 0.25) is 5.91 Å². The summed E-state index contributed by atoms with van der Waals surface area (Å²) in [6.45, 7) is 11.1. The highest BCUT2D eigenvalue weighted by atomic mass is 32.2. The zero-order valence-electron chi connectivity index (χ0n) is 15.9. The number of ether oxygens (including phenoxy) is 1. The number of morpholine rings is 1. The number of hydrogen-bond donors (Lipinski definition) is 1. The minimum atomic E-state index is -0.291. The molecule has 0 saturated carbocycles. The fraction of sp³-hybridized carbons (Fsp3) is 0.647. The van der Waals surface area contributed by atoms with Gasteiger partial charge in [0.15, 0.2) is 10.3 Å². The number of thioether (sulfide) groups is 1. The zero-order chi connectivity index (χ0) is 19.2. The van der Waals surface area contributed by atoms with Crippen molar-refractivity contribution in [2.75, 3.05) is 31.6 Å². The molecule has 1 saturated heterocycles. The van der Waals surface area contributed by atoms with Gasteiger partial charge in [-0.1, -0.05) is 25.6 Å². The van der Waals surface area contributed by atoms with Crippen LogP contribution in [0, 0.1) is 5.92 Å². The molecule has 3 heterocycles. The van der Waals surface area contributed by atoms with Gasteiger partial charge in [-0.15, -0.1) is 21.5 Å². The maximum absolute atomic E-state index is 12.4. The lowest BCUT2D eigenvalue weighted by molar-refractivity contribution is -0.115. The van der Waals surface area contributed by atoms with Gasteiger partial charge in [0, 0.05) is 31.2 Å².